The van der Waals surface area contributed by atoms with Crippen molar-refractivity contribution in [2.75, 3.05) is 6.54 Å². The molecule has 1 N–H and O–H groups in total. The Labute approximate surface area is 106 Å². The Morgan fingerprint density at radius 2 is 2.00 bits per heavy atom. The zero-order valence-electron chi connectivity index (χ0n) is 9.97. The summed E-state index contributed by atoms with van der Waals surface area (Å²) >= 11 is 0. The summed E-state index contributed by atoms with van der Waals surface area (Å²) in [6, 6.07) is 13.1. The number of hydrogen-bond donors (Lipinski definition) is 1. The van der Waals surface area contributed by atoms with Gasteiger partial charge in [-0.3, -0.25) is 9.78 Å². The molecule has 18 heavy (non-hydrogen) atoms. The first-order valence-corrected chi connectivity index (χ1v) is 5.72. The number of hydrogen-bond acceptors (Lipinski definition) is 2. The Kier molecular flexibility index (Phi) is 3.86. The molecule has 2 rings (SSSR count). The Morgan fingerprint density at radius 3 is 2.61 bits per heavy atom. The van der Waals surface area contributed by atoms with Gasteiger partial charge in [0.05, 0.1) is 5.69 Å². The van der Waals surface area contributed by atoms with Crippen molar-refractivity contribution in [2.45, 2.75) is 0 Å². The first-order chi connectivity index (χ1) is 8.81. The van der Waals surface area contributed by atoms with Crippen molar-refractivity contribution in [3.8, 4) is 11.3 Å². The van der Waals surface area contributed by atoms with E-state index in [9.17, 15) is 4.79 Å². The highest BCUT2D eigenvalue weighted by Gasteiger charge is 2.04. The van der Waals surface area contributed by atoms with Crippen LogP contribution in [-0.2, 0) is 0 Å². The van der Waals surface area contributed by atoms with Gasteiger partial charge in [-0.2, -0.15) is 0 Å². The van der Waals surface area contributed by atoms with E-state index < -0.39 is 0 Å². The molecule has 0 spiro atoms. The third kappa shape index (κ3) is 2.83. The molecule has 2 aromatic rings. The average Bonchev–Trinajstić information content (AvgIpc) is 2.46. The third-order valence-electron chi connectivity index (χ3n) is 2.51. The molecule has 0 saturated heterocycles. The fourth-order valence-electron chi connectivity index (χ4n) is 1.59. The number of carbonyl (C=O) groups excluding carboxylic acids is 1. The van der Waals surface area contributed by atoms with Crippen LogP contribution in [0.1, 0.15) is 10.4 Å². The summed E-state index contributed by atoms with van der Waals surface area (Å²) in [4.78, 5) is 15.9. The summed E-state index contributed by atoms with van der Waals surface area (Å²) in [5.41, 5.74) is 2.53. The van der Waals surface area contributed by atoms with Crippen LogP contribution in [0.2, 0.25) is 0 Å². The Bertz CT molecular complexity index is 532. The van der Waals surface area contributed by atoms with Crippen LogP contribution in [0.3, 0.4) is 0 Å². The minimum absolute atomic E-state index is 0.0949. The Balaban J connectivity index is 2.15. The van der Waals surface area contributed by atoms with Crippen molar-refractivity contribution in [3.63, 3.8) is 0 Å². The quantitative estimate of drug-likeness (QED) is 0.832. The molecule has 1 heterocycles. The maximum atomic E-state index is 11.7. The molecule has 90 valence electrons. The maximum absolute atomic E-state index is 11.7. The fraction of sp³-hybridized carbons (Fsp3) is 0.0667. The second-order valence-corrected chi connectivity index (χ2v) is 3.79. The molecule has 0 saturated carbocycles. The number of benzene rings is 1. The van der Waals surface area contributed by atoms with Gasteiger partial charge in [0.25, 0.3) is 5.91 Å². The molecular formula is C15H14N2O. The minimum atomic E-state index is -0.0949. The van der Waals surface area contributed by atoms with E-state index in [2.05, 4.69) is 16.9 Å². The van der Waals surface area contributed by atoms with E-state index in [4.69, 9.17) is 0 Å². The van der Waals surface area contributed by atoms with Crippen LogP contribution < -0.4 is 5.32 Å². The van der Waals surface area contributed by atoms with Crippen LogP contribution in [0.4, 0.5) is 0 Å². The van der Waals surface area contributed by atoms with Crippen LogP contribution in [-0.4, -0.2) is 17.4 Å². The number of amides is 1. The summed E-state index contributed by atoms with van der Waals surface area (Å²) in [7, 11) is 0. The SMILES string of the molecule is C=CCNC(=O)c1ccc(-c2ccccn2)cc1. The van der Waals surface area contributed by atoms with Gasteiger partial charge in [-0.1, -0.05) is 24.3 Å². The van der Waals surface area contributed by atoms with Crippen LogP contribution >= 0.6 is 0 Å². The van der Waals surface area contributed by atoms with E-state index in [0.717, 1.165) is 11.3 Å². The topological polar surface area (TPSA) is 42.0 Å². The Hall–Kier alpha value is -2.42. The minimum Gasteiger partial charge on any atom is -0.349 e. The number of nitrogens with zero attached hydrogens (tertiary/aromatic N) is 1. The predicted octanol–water partition coefficient (Wildman–Crippen LogP) is 2.66. The van der Waals surface area contributed by atoms with Crippen LogP contribution in [0.5, 0.6) is 0 Å². The molecule has 1 aromatic carbocycles. The Morgan fingerprint density at radius 1 is 1.22 bits per heavy atom. The summed E-state index contributed by atoms with van der Waals surface area (Å²) < 4.78 is 0. The molecule has 0 atom stereocenters. The number of pyridine rings is 1. The molecular weight excluding hydrogens is 224 g/mol. The lowest BCUT2D eigenvalue weighted by molar-refractivity contribution is 0.0958. The zero-order valence-corrected chi connectivity index (χ0v) is 9.97. The molecule has 0 aliphatic rings. The lowest BCUT2D eigenvalue weighted by atomic mass is 10.1. The van der Waals surface area contributed by atoms with Crippen molar-refractivity contribution in [2.24, 2.45) is 0 Å². The van der Waals surface area contributed by atoms with Crippen molar-refractivity contribution >= 4 is 5.91 Å². The van der Waals surface area contributed by atoms with E-state index in [1.54, 1.807) is 24.4 Å². The first-order valence-electron chi connectivity index (χ1n) is 5.72. The van der Waals surface area contributed by atoms with Gasteiger partial charge in [0, 0.05) is 23.9 Å². The first kappa shape index (κ1) is 12.0. The van der Waals surface area contributed by atoms with Crippen LogP contribution in [0.25, 0.3) is 11.3 Å². The molecule has 1 aromatic heterocycles. The molecule has 0 aliphatic carbocycles. The molecule has 0 bridgehead atoms. The van der Waals surface area contributed by atoms with Crippen molar-refractivity contribution < 1.29 is 4.79 Å². The number of nitrogens with one attached hydrogen (secondary N) is 1. The van der Waals surface area contributed by atoms with Gasteiger partial charge in [0.1, 0.15) is 0 Å². The lowest BCUT2D eigenvalue weighted by Crippen LogP contribution is -2.22. The summed E-state index contributed by atoms with van der Waals surface area (Å²) in [5, 5.41) is 2.74. The van der Waals surface area contributed by atoms with Gasteiger partial charge in [-0.05, 0) is 24.3 Å². The van der Waals surface area contributed by atoms with Crippen molar-refractivity contribution in [3.05, 3.63) is 66.9 Å². The molecule has 0 aliphatic heterocycles. The van der Waals surface area contributed by atoms with Crippen molar-refractivity contribution in [1.82, 2.24) is 10.3 Å². The standard InChI is InChI=1S/C15H14N2O/c1-2-10-17-15(18)13-8-6-12(7-9-13)14-5-3-4-11-16-14/h2-9,11H,1,10H2,(H,17,18). The van der Waals surface area contributed by atoms with E-state index in [-0.39, 0.29) is 5.91 Å². The maximum Gasteiger partial charge on any atom is 0.251 e. The smallest absolute Gasteiger partial charge is 0.251 e. The molecule has 1 amide bonds. The van der Waals surface area contributed by atoms with E-state index in [1.807, 2.05) is 30.3 Å². The third-order valence-corrected chi connectivity index (χ3v) is 2.51. The lowest BCUT2D eigenvalue weighted by Gasteiger charge is -2.04. The van der Waals surface area contributed by atoms with Crippen molar-refractivity contribution in [1.29, 1.82) is 0 Å². The molecule has 0 radical (unpaired) electrons. The van der Waals surface area contributed by atoms with Gasteiger partial charge in [-0.15, -0.1) is 6.58 Å². The second-order valence-electron chi connectivity index (χ2n) is 3.79. The summed E-state index contributed by atoms with van der Waals surface area (Å²) in [5.74, 6) is -0.0949. The molecule has 3 nitrogen and oxygen atoms in total. The molecule has 3 heteroatoms. The van der Waals surface area contributed by atoms with E-state index in [0.29, 0.717) is 12.1 Å². The van der Waals surface area contributed by atoms with E-state index in [1.165, 1.54) is 0 Å². The zero-order chi connectivity index (χ0) is 12.8. The summed E-state index contributed by atoms with van der Waals surface area (Å²) in [6.45, 7) is 4.03. The largest absolute Gasteiger partial charge is 0.349 e. The second kappa shape index (κ2) is 5.77. The van der Waals surface area contributed by atoms with Crippen LogP contribution in [0.15, 0.2) is 61.3 Å². The number of aromatic nitrogens is 1. The molecule has 0 unspecified atom stereocenters. The summed E-state index contributed by atoms with van der Waals surface area (Å²) in [6.07, 6.45) is 3.40. The highest BCUT2D eigenvalue weighted by atomic mass is 16.1. The van der Waals surface area contributed by atoms with Gasteiger partial charge < -0.3 is 5.32 Å². The average molecular weight is 238 g/mol. The van der Waals surface area contributed by atoms with Gasteiger partial charge in [0.2, 0.25) is 0 Å². The highest BCUT2D eigenvalue weighted by molar-refractivity contribution is 5.94. The number of carbonyl (C=O) groups is 1. The van der Waals surface area contributed by atoms with Crippen LogP contribution in [0, 0.1) is 0 Å². The highest BCUT2D eigenvalue weighted by Crippen LogP contribution is 2.16. The predicted molar refractivity (Wildman–Crippen MR) is 72.2 cm³/mol. The van der Waals surface area contributed by atoms with Gasteiger partial charge >= 0.3 is 0 Å². The van der Waals surface area contributed by atoms with E-state index >= 15 is 0 Å². The molecule has 0 fully saturated rings. The monoisotopic (exact) mass is 238 g/mol. The van der Waals surface area contributed by atoms with Gasteiger partial charge in [-0.25, -0.2) is 0 Å². The van der Waals surface area contributed by atoms with Gasteiger partial charge in [0.15, 0.2) is 0 Å². The number of rotatable bonds is 4. The fourth-order valence-corrected chi connectivity index (χ4v) is 1.59. The normalized spacial score (nSPS) is 9.78.